The lowest BCUT2D eigenvalue weighted by atomic mass is 10.0. The average Bonchev–Trinajstić information content (AvgIpc) is 2.40. The fourth-order valence-electron chi connectivity index (χ4n) is 2.27. The molecule has 1 atom stereocenters. The second-order valence-electron chi connectivity index (χ2n) is 4.71. The van der Waals surface area contributed by atoms with E-state index in [0.29, 0.717) is 11.6 Å². The molecule has 0 aliphatic carbocycles. The standard InChI is InChI=1S/C14H19N3O/c1-11-7-5-6-10-17(11)14(15)16-13(18)12-8-3-2-4-9-12/h2-4,8-9,11H,5-7,10H2,1H3,(H2,15,16,18). The fourth-order valence-corrected chi connectivity index (χ4v) is 2.27. The molecule has 4 nitrogen and oxygen atoms in total. The highest BCUT2D eigenvalue weighted by Crippen LogP contribution is 2.15. The van der Waals surface area contributed by atoms with Gasteiger partial charge in [0.15, 0.2) is 5.96 Å². The van der Waals surface area contributed by atoms with Crippen LogP contribution in [0.1, 0.15) is 36.5 Å². The predicted molar refractivity (Wildman–Crippen MR) is 71.7 cm³/mol. The normalized spacial score (nSPS) is 19.4. The minimum Gasteiger partial charge on any atom is -0.340 e. The zero-order valence-corrected chi connectivity index (χ0v) is 10.6. The minimum absolute atomic E-state index is 0.210. The van der Waals surface area contributed by atoms with E-state index in [1.54, 1.807) is 12.1 Å². The Kier molecular flexibility index (Phi) is 3.97. The van der Waals surface area contributed by atoms with E-state index in [2.05, 4.69) is 12.2 Å². The molecule has 1 fully saturated rings. The molecule has 1 aliphatic rings. The molecule has 18 heavy (non-hydrogen) atoms. The van der Waals surface area contributed by atoms with E-state index >= 15 is 0 Å². The topological polar surface area (TPSA) is 56.2 Å². The number of carbonyl (C=O) groups is 1. The summed E-state index contributed by atoms with van der Waals surface area (Å²) in [5, 5.41) is 10.7. The van der Waals surface area contributed by atoms with Gasteiger partial charge in [0, 0.05) is 18.2 Å². The Hall–Kier alpha value is -1.84. The molecule has 1 aromatic rings. The Labute approximate surface area is 108 Å². The maximum absolute atomic E-state index is 11.9. The first-order chi connectivity index (χ1) is 8.68. The van der Waals surface area contributed by atoms with Crippen molar-refractivity contribution in [3.8, 4) is 0 Å². The van der Waals surface area contributed by atoms with E-state index in [0.717, 1.165) is 19.4 Å². The summed E-state index contributed by atoms with van der Waals surface area (Å²) >= 11 is 0. The van der Waals surface area contributed by atoms with Crippen molar-refractivity contribution >= 4 is 11.9 Å². The Morgan fingerprint density at radius 2 is 2.06 bits per heavy atom. The van der Waals surface area contributed by atoms with Gasteiger partial charge in [-0.15, -0.1) is 0 Å². The summed E-state index contributed by atoms with van der Waals surface area (Å²) < 4.78 is 0. The fraction of sp³-hybridized carbons (Fsp3) is 0.429. The third-order valence-electron chi connectivity index (χ3n) is 3.36. The number of likely N-dealkylation sites (tertiary alicyclic amines) is 1. The van der Waals surface area contributed by atoms with Crippen LogP contribution in [0.25, 0.3) is 0 Å². The van der Waals surface area contributed by atoms with Crippen molar-refractivity contribution in [1.29, 1.82) is 5.41 Å². The highest BCUT2D eigenvalue weighted by molar-refractivity contribution is 6.04. The van der Waals surface area contributed by atoms with Gasteiger partial charge in [0.05, 0.1) is 0 Å². The maximum Gasteiger partial charge on any atom is 0.257 e. The monoisotopic (exact) mass is 245 g/mol. The second kappa shape index (κ2) is 5.67. The SMILES string of the molecule is CC1CCCCN1C(=N)NC(=O)c1ccccc1. The summed E-state index contributed by atoms with van der Waals surface area (Å²) in [7, 11) is 0. The first-order valence-corrected chi connectivity index (χ1v) is 6.40. The van der Waals surface area contributed by atoms with E-state index in [4.69, 9.17) is 5.41 Å². The molecule has 1 saturated heterocycles. The Balaban J connectivity index is 1.97. The van der Waals surface area contributed by atoms with Gasteiger partial charge in [0.2, 0.25) is 0 Å². The summed E-state index contributed by atoms with van der Waals surface area (Å²) in [5.74, 6) is 0.00873. The number of carbonyl (C=O) groups excluding carboxylic acids is 1. The molecule has 0 saturated carbocycles. The van der Waals surface area contributed by atoms with E-state index in [9.17, 15) is 4.79 Å². The average molecular weight is 245 g/mol. The molecule has 1 aromatic carbocycles. The Bertz CT molecular complexity index is 430. The van der Waals surface area contributed by atoms with Crippen LogP contribution in [0.5, 0.6) is 0 Å². The van der Waals surface area contributed by atoms with Gasteiger partial charge < -0.3 is 4.90 Å². The van der Waals surface area contributed by atoms with E-state index in [1.807, 2.05) is 23.1 Å². The summed E-state index contributed by atoms with van der Waals surface area (Å²) in [4.78, 5) is 13.9. The molecule has 0 bridgehead atoms. The summed E-state index contributed by atoms with van der Waals surface area (Å²) in [5.41, 5.74) is 0.590. The van der Waals surface area contributed by atoms with Crippen LogP contribution >= 0.6 is 0 Å². The zero-order valence-electron chi connectivity index (χ0n) is 10.6. The predicted octanol–water partition coefficient (Wildman–Crippen LogP) is 2.23. The van der Waals surface area contributed by atoms with Crippen molar-refractivity contribution in [2.75, 3.05) is 6.54 Å². The molecule has 0 radical (unpaired) electrons. The van der Waals surface area contributed by atoms with E-state index < -0.39 is 0 Å². The summed E-state index contributed by atoms with van der Waals surface area (Å²) in [6.45, 7) is 2.96. The van der Waals surface area contributed by atoms with Crippen molar-refractivity contribution in [2.24, 2.45) is 0 Å². The molecule has 2 N–H and O–H groups in total. The van der Waals surface area contributed by atoms with Gasteiger partial charge in [-0.25, -0.2) is 0 Å². The van der Waals surface area contributed by atoms with Crippen LogP contribution in [0.2, 0.25) is 0 Å². The molecule has 1 amide bonds. The quantitative estimate of drug-likeness (QED) is 0.589. The molecule has 0 aromatic heterocycles. The maximum atomic E-state index is 11.9. The molecular formula is C14H19N3O. The van der Waals surface area contributed by atoms with Crippen molar-refractivity contribution in [1.82, 2.24) is 10.2 Å². The van der Waals surface area contributed by atoms with Gasteiger partial charge in [-0.3, -0.25) is 15.5 Å². The number of piperidine rings is 1. The van der Waals surface area contributed by atoms with Gasteiger partial charge in [0.25, 0.3) is 5.91 Å². The smallest absolute Gasteiger partial charge is 0.257 e. The molecule has 2 rings (SSSR count). The number of rotatable bonds is 1. The molecule has 96 valence electrons. The van der Waals surface area contributed by atoms with Crippen LogP contribution in [0, 0.1) is 5.41 Å². The lowest BCUT2D eigenvalue weighted by molar-refractivity contribution is 0.0968. The molecule has 1 unspecified atom stereocenters. The van der Waals surface area contributed by atoms with E-state index in [-0.39, 0.29) is 11.9 Å². The highest BCUT2D eigenvalue weighted by Gasteiger charge is 2.22. The number of benzene rings is 1. The van der Waals surface area contributed by atoms with Crippen molar-refractivity contribution < 1.29 is 4.79 Å². The molecule has 0 spiro atoms. The van der Waals surface area contributed by atoms with Gasteiger partial charge in [-0.2, -0.15) is 0 Å². The van der Waals surface area contributed by atoms with Gasteiger partial charge in [-0.05, 0) is 38.3 Å². The van der Waals surface area contributed by atoms with Crippen LogP contribution in [0.3, 0.4) is 0 Å². The van der Waals surface area contributed by atoms with Gasteiger partial charge in [0.1, 0.15) is 0 Å². The number of nitrogens with one attached hydrogen (secondary N) is 2. The minimum atomic E-state index is -0.210. The third-order valence-corrected chi connectivity index (χ3v) is 3.36. The van der Waals surface area contributed by atoms with Crippen molar-refractivity contribution in [2.45, 2.75) is 32.2 Å². The first-order valence-electron chi connectivity index (χ1n) is 6.40. The van der Waals surface area contributed by atoms with Crippen molar-refractivity contribution in [3.05, 3.63) is 35.9 Å². The molecule has 1 heterocycles. The summed E-state index contributed by atoms with van der Waals surface area (Å²) in [6, 6.07) is 9.35. The highest BCUT2D eigenvalue weighted by atomic mass is 16.1. The number of hydrogen-bond donors (Lipinski definition) is 2. The number of guanidine groups is 1. The Morgan fingerprint density at radius 3 is 2.72 bits per heavy atom. The van der Waals surface area contributed by atoms with Crippen molar-refractivity contribution in [3.63, 3.8) is 0 Å². The zero-order chi connectivity index (χ0) is 13.0. The number of hydrogen-bond acceptors (Lipinski definition) is 2. The van der Waals surface area contributed by atoms with Crippen LogP contribution < -0.4 is 5.32 Å². The number of nitrogens with zero attached hydrogens (tertiary/aromatic N) is 1. The first kappa shape index (κ1) is 12.6. The second-order valence-corrected chi connectivity index (χ2v) is 4.71. The lowest BCUT2D eigenvalue weighted by Crippen LogP contribution is -2.49. The number of amides is 1. The lowest BCUT2D eigenvalue weighted by Gasteiger charge is -2.35. The summed E-state index contributed by atoms with van der Waals surface area (Å²) in [6.07, 6.45) is 3.38. The molecule has 4 heteroatoms. The molecule has 1 aliphatic heterocycles. The van der Waals surface area contributed by atoms with Gasteiger partial charge in [-0.1, -0.05) is 18.2 Å². The van der Waals surface area contributed by atoms with Gasteiger partial charge >= 0.3 is 0 Å². The van der Waals surface area contributed by atoms with E-state index in [1.165, 1.54) is 6.42 Å². The third kappa shape index (κ3) is 2.88. The molecular weight excluding hydrogens is 226 g/mol. The van der Waals surface area contributed by atoms with Crippen LogP contribution in [0.4, 0.5) is 0 Å². The van der Waals surface area contributed by atoms with Crippen LogP contribution in [0.15, 0.2) is 30.3 Å². The van der Waals surface area contributed by atoms with Crippen LogP contribution in [-0.4, -0.2) is 29.4 Å². The largest absolute Gasteiger partial charge is 0.340 e. The van der Waals surface area contributed by atoms with Crippen LogP contribution in [-0.2, 0) is 0 Å². The Morgan fingerprint density at radius 1 is 1.33 bits per heavy atom.